The van der Waals surface area contributed by atoms with Crippen LogP contribution in [0.5, 0.6) is 0 Å². The minimum absolute atomic E-state index is 0.00268. The van der Waals surface area contributed by atoms with Gasteiger partial charge in [-0.3, -0.25) is 0 Å². The summed E-state index contributed by atoms with van der Waals surface area (Å²) in [5.74, 6) is 0. The van der Waals surface area contributed by atoms with E-state index in [-0.39, 0.29) is 16.3 Å². The van der Waals surface area contributed by atoms with Crippen LogP contribution in [0.15, 0.2) is 33.6 Å². The highest BCUT2D eigenvalue weighted by Gasteiger charge is 2.25. The number of benzene rings is 1. The number of hydrogen-bond donors (Lipinski definition) is 1. The molecule has 1 saturated carbocycles. The van der Waals surface area contributed by atoms with E-state index in [1.54, 1.807) is 24.3 Å². The van der Waals surface area contributed by atoms with Gasteiger partial charge in [0.2, 0.25) is 10.0 Å². The molecule has 6 heteroatoms. The Morgan fingerprint density at radius 1 is 1.17 bits per heavy atom. The van der Waals surface area contributed by atoms with Gasteiger partial charge in [-0.15, -0.1) is 11.6 Å². The minimum atomic E-state index is -3.45. The minimum Gasteiger partial charge on any atom is -0.208 e. The monoisotopic (exact) mass is 351 g/mol. The molecule has 1 aliphatic carbocycles. The molecular weight excluding hydrogens is 338 g/mol. The van der Waals surface area contributed by atoms with Gasteiger partial charge in [0.15, 0.2) is 0 Å². The first-order valence-electron chi connectivity index (χ1n) is 5.90. The van der Waals surface area contributed by atoms with Gasteiger partial charge in [-0.2, -0.15) is 0 Å². The second kappa shape index (κ2) is 5.90. The Morgan fingerprint density at radius 2 is 1.78 bits per heavy atom. The lowest BCUT2D eigenvalue weighted by molar-refractivity contribution is 0.416. The van der Waals surface area contributed by atoms with Gasteiger partial charge in [0.1, 0.15) is 0 Å². The second-order valence-electron chi connectivity index (χ2n) is 4.50. The van der Waals surface area contributed by atoms with Crippen LogP contribution in [0.25, 0.3) is 0 Å². The molecule has 0 spiro atoms. The molecule has 0 bridgehead atoms. The van der Waals surface area contributed by atoms with E-state index >= 15 is 0 Å². The topological polar surface area (TPSA) is 46.2 Å². The Hall–Kier alpha value is -0.100. The van der Waals surface area contributed by atoms with Crippen LogP contribution in [0, 0.1) is 0 Å². The summed E-state index contributed by atoms with van der Waals surface area (Å²) in [5.41, 5.74) is 0. The molecule has 1 fully saturated rings. The summed E-state index contributed by atoms with van der Waals surface area (Å²) in [5, 5.41) is 0.189. The fourth-order valence-electron chi connectivity index (χ4n) is 2.12. The summed E-state index contributed by atoms with van der Waals surface area (Å²) in [6.07, 6.45) is 3.34. The Morgan fingerprint density at radius 3 is 2.39 bits per heavy atom. The van der Waals surface area contributed by atoms with Crippen molar-refractivity contribution in [2.24, 2.45) is 0 Å². The highest BCUT2D eigenvalue weighted by molar-refractivity contribution is 9.10. The quantitative estimate of drug-likeness (QED) is 0.849. The van der Waals surface area contributed by atoms with Crippen molar-refractivity contribution >= 4 is 37.6 Å². The van der Waals surface area contributed by atoms with Crippen molar-refractivity contribution in [1.29, 1.82) is 0 Å². The fraction of sp³-hybridized carbons (Fsp3) is 0.500. The van der Waals surface area contributed by atoms with Crippen molar-refractivity contribution in [3.8, 4) is 0 Å². The molecule has 2 rings (SSSR count). The molecule has 1 N–H and O–H groups in total. The van der Waals surface area contributed by atoms with Gasteiger partial charge in [0, 0.05) is 15.9 Å². The van der Waals surface area contributed by atoms with Crippen LogP contribution in [-0.2, 0) is 10.0 Å². The normalized spacial score (nSPS) is 25.0. The molecular formula is C12H15BrClNO2S. The van der Waals surface area contributed by atoms with Crippen LogP contribution in [0.1, 0.15) is 25.7 Å². The predicted molar refractivity (Wildman–Crippen MR) is 76.4 cm³/mol. The molecule has 1 aromatic carbocycles. The number of rotatable bonds is 3. The first-order chi connectivity index (χ1) is 8.49. The lowest BCUT2D eigenvalue weighted by Gasteiger charge is -2.25. The molecule has 0 aliphatic heterocycles. The first-order valence-corrected chi connectivity index (χ1v) is 8.61. The summed E-state index contributed by atoms with van der Waals surface area (Å²) < 4.78 is 27.8. The lowest BCUT2D eigenvalue weighted by atomic mass is 9.96. The van der Waals surface area contributed by atoms with Gasteiger partial charge in [-0.05, 0) is 53.7 Å². The average Bonchev–Trinajstić information content (AvgIpc) is 2.32. The van der Waals surface area contributed by atoms with Crippen LogP contribution < -0.4 is 4.72 Å². The number of sulfonamides is 1. The van der Waals surface area contributed by atoms with E-state index in [0.717, 1.165) is 25.7 Å². The molecule has 100 valence electrons. The van der Waals surface area contributed by atoms with Crippen LogP contribution in [0.2, 0.25) is 0 Å². The zero-order valence-electron chi connectivity index (χ0n) is 9.77. The Bertz CT molecular complexity index is 513. The molecule has 0 saturated heterocycles. The maximum Gasteiger partial charge on any atom is 0.241 e. The van der Waals surface area contributed by atoms with E-state index in [0.29, 0.717) is 4.47 Å². The van der Waals surface area contributed by atoms with Gasteiger partial charge in [0.25, 0.3) is 0 Å². The largest absolute Gasteiger partial charge is 0.241 e. The summed E-state index contributed by atoms with van der Waals surface area (Å²) >= 11 is 9.28. The van der Waals surface area contributed by atoms with Crippen LogP contribution in [0.4, 0.5) is 0 Å². The number of halogens is 2. The maximum atomic E-state index is 12.2. The van der Waals surface area contributed by atoms with E-state index in [4.69, 9.17) is 11.6 Å². The van der Waals surface area contributed by atoms with Gasteiger partial charge in [-0.25, -0.2) is 13.1 Å². The second-order valence-corrected chi connectivity index (χ2v) is 7.65. The highest BCUT2D eigenvalue weighted by atomic mass is 79.9. The zero-order valence-corrected chi connectivity index (χ0v) is 12.9. The SMILES string of the molecule is O=S(=O)(NC1CCC(Cl)CC1)c1ccccc1Br. The summed E-state index contributed by atoms with van der Waals surface area (Å²) in [4.78, 5) is 0.290. The molecule has 0 heterocycles. The first kappa shape index (κ1) is 14.3. The van der Waals surface area contributed by atoms with Crippen molar-refractivity contribution in [2.75, 3.05) is 0 Å². The summed E-state index contributed by atoms with van der Waals surface area (Å²) in [6.45, 7) is 0. The van der Waals surface area contributed by atoms with Crippen LogP contribution in [-0.4, -0.2) is 19.8 Å². The number of nitrogens with one attached hydrogen (secondary N) is 1. The molecule has 0 atom stereocenters. The average molecular weight is 353 g/mol. The van der Waals surface area contributed by atoms with Crippen molar-refractivity contribution in [2.45, 2.75) is 42.0 Å². The smallest absolute Gasteiger partial charge is 0.208 e. The Kier molecular flexibility index (Phi) is 4.69. The van der Waals surface area contributed by atoms with E-state index in [1.807, 2.05) is 0 Å². The summed E-state index contributed by atoms with van der Waals surface area (Å²) in [7, 11) is -3.45. The maximum absolute atomic E-state index is 12.2. The molecule has 0 radical (unpaired) electrons. The molecule has 0 unspecified atom stereocenters. The highest BCUT2D eigenvalue weighted by Crippen LogP contribution is 2.26. The van der Waals surface area contributed by atoms with E-state index in [2.05, 4.69) is 20.7 Å². The fourth-order valence-corrected chi connectivity index (χ4v) is 4.68. The summed E-state index contributed by atoms with van der Waals surface area (Å²) in [6, 6.07) is 6.83. The van der Waals surface area contributed by atoms with E-state index in [9.17, 15) is 8.42 Å². The van der Waals surface area contributed by atoms with Gasteiger partial charge >= 0.3 is 0 Å². The van der Waals surface area contributed by atoms with Crippen molar-refractivity contribution in [3.05, 3.63) is 28.7 Å². The van der Waals surface area contributed by atoms with Crippen molar-refractivity contribution in [1.82, 2.24) is 4.72 Å². The van der Waals surface area contributed by atoms with E-state index in [1.165, 1.54) is 0 Å². The van der Waals surface area contributed by atoms with Gasteiger partial charge < -0.3 is 0 Å². The molecule has 0 aromatic heterocycles. The number of hydrogen-bond acceptors (Lipinski definition) is 2. The third-order valence-corrected chi connectivity index (χ3v) is 6.07. The molecule has 3 nitrogen and oxygen atoms in total. The zero-order chi connectivity index (χ0) is 13.2. The Labute approximate surface area is 121 Å². The third kappa shape index (κ3) is 3.47. The molecule has 1 aromatic rings. The third-order valence-electron chi connectivity index (χ3n) is 3.10. The molecule has 1 aliphatic rings. The van der Waals surface area contributed by atoms with Crippen LogP contribution >= 0.6 is 27.5 Å². The van der Waals surface area contributed by atoms with Crippen molar-refractivity contribution < 1.29 is 8.42 Å². The Balaban J connectivity index is 2.11. The van der Waals surface area contributed by atoms with Crippen LogP contribution in [0.3, 0.4) is 0 Å². The lowest BCUT2D eigenvalue weighted by Crippen LogP contribution is -2.37. The predicted octanol–water partition coefficient (Wildman–Crippen LogP) is 3.28. The number of alkyl halides is 1. The van der Waals surface area contributed by atoms with Crippen molar-refractivity contribution in [3.63, 3.8) is 0 Å². The molecule has 18 heavy (non-hydrogen) atoms. The van der Waals surface area contributed by atoms with E-state index < -0.39 is 10.0 Å². The molecule has 0 amide bonds. The van der Waals surface area contributed by atoms with Gasteiger partial charge in [0.05, 0.1) is 4.90 Å². The van der Waals surface area contributed by atoms with Gasteiger partial charge in [-0.1, -0.05) is 12.1 Å². The standard InChI is InChI=1S/C12H15BrClNO2S/c13-11-3-1-2-4-12(11)18(16,17)15-10-7-5-9(14)6-8-10/h1-4,9-10,15H,5-8H2.